The fraction of sp³-hybridized carbons (Fsp3) is 0.533. The Morgan fingerprint density at radius 3 is 2.37 bits per heavy atom. The zero-order chi connectivity index (χ0) is 14.8. The Morgan fingerprint density at radius 2 is 1.89 bits per heavy atom. The van der Waals surface area contributed by atoms with Crippen molar-refractivity contribution in [3.05, 3.63) is 23.3 Å². The smallest absolute Gasteiger partial charge is 0.305 e. The van der Waals surface area contributed by atoms with Gasteiger partial charge in [-0.1, -0.05) is 0 Å². The van der Waals surface area contributed by atoms with Gasteiger partial charge in [0, 0.05) is 18.3 Å². The predicted octanol–water partition coefficient (Wildman–Crippen LogP) is 3.00. The number of carbonyl (C=O) groups is 1. The number of hydrogen-bond donors (Lipinski definition) is 1. The highest BCUT2D eigenvalue weighted by atomic mass is 16.5. The third-order valence-corrected chi connectivity index (χ3v) is 3.57. The van der Waals surface area contributed by atoms with Gasteiger partial charge in [-0.3, -0.25) is 4.79 Å². The average molecular weight is 265 g/mol. The lowest BCUT2D eigenvalue weighted by Gasteiger charge is -2.37. The van der Waals surface area contributed by atoms with Gasteiger partial charge in [-0.15, -0.1) is 0 Å². The number of aliphatic carboxylic acids is 1. The van der Waals surface area contributed by atoms with Gasteiger partial charge in [0.2, 0.25) is 0 Å². The highest BCUT2D eigenvalue weighted by Gasteiger charge is 2.28. The number of aryl methyl sites for hydroxylation is 2. The average Bonchev–Trinajstić information content (AvgIpc) is 2.29. The molecular formula is C15H23NO3. The van der Waals surface area contributed by atoms with Crippen LogP contribution in [0, 0.1) is 13.8 Å². The number of methoxy groups -OCH3 is 1. The van der Waals surface area contributed by atoms with Gasteiger partial charge in [0.05, 0.1) is 13.5 Å². The van der Waals surface area contributed by atoms with Gasteiger partial charge in [0.1, 0.15) is 5.75 Å². The van der Waals surface area contributed by atoms with E-state index in [0.717, 1.165) is 22.6 Å². The van der Waals surface area contributed by atoms with Crippen molar-refractivity contribution >= 4 is 11.7 Å². The van der Waals surface area contributed by atoms with Crippen LogP contribution in [-0.4, -0.2) is 30.8 Å². The molecule has 106 valence electrons. The molecule has 0 atom stereocenters. The van der Waals surface area contributed by atoms with Crippen molar-refractivity contribution in [2.75, 3.05) is 19.1 Å². The van der Waals surface area contributed by atoms with Gasteiger partial charge < -0.3 is 14.7 Å². The van der Waals surface area contributed by atoms with Crippen LogP contribution in [0.1, 0.15) is 31.4 Å². The van der Waals surface area contributed by atoms with E-state index in [4.69, 9.17) is 9.84 Å². The summed E-state index contributed by atoms with van der Waals surface area (Å²) in [6, 6.07) is 4.02. The van der Waals surface area contributed by atoms with Gasteiger partial charge in [-0.25, -0.2) is 0 Å². The molecule has 0 aliphatic heterocycles. The third-order valence-electron chi connectivity index (χ3n) is 3.57. The van der Waals surface area contributed by atoms with Crippen molar-refractivity contribution in [3.63, 3.8) is 0 Å². The van der Waals surface area contributed by atoms with E-state index in [1.165, 1.54) is 0 Å². The van der Waals surface area contributed by atoms with E-state index in [0.29, 0.717) is 0 Å². The van der Waals surface area contributed by atoms with Crippen molar-refractivity contribution in [1.29, 1.82) is 0 Å². The molecule has 1 aromatic rings. The second-order valence-corrected chi connectivity index (χ2v) is 5.55. The molecule has 0 fully saturated rings. The molecule has 19 heavy (non-hydrogen) atoms. The summed E-state index contributed by atoms with van der Waals surface area (Å²) in [5, 5.41) is 9.00. The van der Waals surface area contributed by atoms with Crippen molar-refractivity contribution in [2.24, 2.45) is 0 Å². The lowest BCUT2D eigenvalue weighted by Crippen LogP contribution is -2.43. The van der Waals surface area contributed by atoms with E-state index >= 15 is 0 Å². The van der Waals surface area contributed by atoms with Crippen LogP contribution in [0.2, 0.25) is 0 Å². The van der Waals surface area contributed by atoms with Crippen LogP contribution in [0.4, 0.5) is 5.69 Å². The Kier molecular flexibility index (Phi) is 4.45. The first kappa shape index (κ1) is 15.3. The van der Waals surface area contributed by atoms with Crippen molar-refractivity contribution in [3.8, 4) is 5.75 Å². The number of hydrogen-bond acceptors (Lipinski definition) is 3. The minimum atomic E-state index is -0.792. The maximum Gasteiger partial charge on any atom is 0.305 e. The molecule has 4 heteroatoms. The van der Waals surface area contributed by atoms with E-state index in [2.05, 4.69) is 0 Å². The minimum Gasteiger partial charge on any atom is -0.496 e. The summed E-state index contributed by atoms with van der Waals surface area (Å²) in [5.41, 5.74) is 2.70. The largest absolute Gasteiger partial charge is 0.496 e. The molecular weight excluding hydrogens is 242 g/mol. The van der Waals surface area contributed by atoms with Crippen LogP contribution >= 0.6 is 0 Å². The van der Waals surface area contributed by atoms with E-state index in [1.54, 1.807) is 7.11 Å². The molecule has 0 heterocycles. The van der Waals surface area contributed by atoms with Crippen molar-refractivity contribution in [2.45, 2.75) is 39.7 Å². The standard InChI is InChI=1S/C15H23NO3/c1-10-8-13(19-6)11(2)7-12(10)16(5)15(3,4)9-14(17)18/h7-8H,9H2,1-6H3,(H,17,18). The normalized spacial score (nSPS) is 11.3. The van der Waals surface area contributed by atoms with Gasteiger partial charge in [0.15, 0.2) is 0 Å². The molecule has 1 N–H and O–H groups in total. The van der Waals surface area contributed by atoms with Crippen LogP contribution in [0.3, 0.4) is 0 Å². The molecule has 0 amide bonds. The second-order valence-electron chi connectivity index (χ2n) is 5.55. The second kappa shape index (κ2) is 5.51. The summed E-state index contributed by atoms with van der Waals surface area (Å²) in [5.74, 6) is 0.0606. The monoisotopic (exact) mass is 265 g/mol. The van der Waals surface area contributed by atoms with E-state index in [-0.39, 0.29) is 6.42 Å². The van der Waals surface area contributed by atoms with Crippen molar-refractivity contribution in [1.82, 2.24) is 0 Å². The minimum absolute atomic E-state index is 0.0913. The number of benzene rings is 1. The Bertz CT molecular complexity index is 481. The topological polar surface area (TPSA) is 49.8 Å². The number of anilines is 1. The lowest BCUT2D eigenvalue weighted by molar-refractivity contribution is -0.138. The van der Waals surface area contributed by atoms with Gasteiger partial charge in [-0.2, -0.15) is 0 Å². The first-order chi connectivity index (χ1) is 8.69. The number of rotatable bonds is 5. The van der Waals surface area contributed by atoms with Crippen molar-refractivity contribution < 1.29 is 14.6 Å². The third kappa shape index (κ3) is 3.40. The quantitative estimate of drug-likeness (QED) is 0.889. The van der Waals surface area contributed by atoms with Crippen LogP contribution in [-0.2, 0) is 4.79 Å². The molecule has 0 saturated heterocycles. The maximum atomic E-state index is 11.0. The molecule has 1 aromatic carbocycles. The van der Waals surface area contributed by atoms with Gasteiger partial charge in [-0.05, 0) is 51.0 Å². The lowest BCUT2D eigenvalue weighted by atomic mass is 9.96. The molecule has 0 aliphatic carbocycles. The fourth-order valence-electron chi connectivity index (χ4n) is 2.17. The van der Waals surface area contributed by atoms with E-state index in [1.807, 2.05) is 51.8 Å². The highest BCUT2D eigenvalue weighted by Crippen LogP contribution is 2.32. The number of ether oxygens (including phenoxy) is 1. The van der Waals surface area contributed by atoms with Crippen LogP contribution in [0.5, 0.6) is 5.75 Å². The Labute approximate surface area is 115 Å². The predicted molar refractivity (Wildman–Crippen MR) is 77.2 cm³/mol. The molecule has 0 spiro atoms. The number of nitrogens with zero attached hydrogens (tertiary/aromatic N) is 1. The highest BCUT2D eigenvalue weighted by molar-refractivity contribution is 5.70. The molecule has 0 bridgehead atoms. The molecule has 0 aromatic heterocycles. The molecule has 0 saturated carbocycles. The molecule has 0 unspecified atom stereocenters. The summed E-state index contributed by atoms with van der Waals surface area (Å²) in [7, 11) is 3.58. The Balaban J connectivity index is 3.16. The Hall–Kier alpha value is -1.71. The Morgan fingerprint density at radius 1 is 1.32 bits per heavy atom. The van der Waals surface area contributed by atoms with Crippen LogP contribution < -0.4 is 9.64 Å². The fourth-order valence-corrected chi connectivity index (χ4v) is 2.17. The zero-order valence-electron chi connectivity index (χ0n) is 12.6. The van der Waals surface area contributed by atoms with E-state index in [9.17, 15) is 4.79 Å². The summed E-state index contributed by atoms with van der Waals surface area (Å²) < 4.78 is 5.30. The molecule has 0 aliphatic rings. The summed E-state index contributed by atoms with van der Waals surface area (Å²) in [6.45, 7) is 7.85. The molecule has 1 rings (SSSR count). The van der Waals surface area contributed by atoms with Gasteiger partial charge >= 0.3 is 5.97 Å². The molecule has 4 nitrogen and oxygen atoms in total. The maximum absolute atomic E-state index is 11.0. The number of carboxylic acids is 1. The van der Waals surface area contributed by atoms with E-state index < -0.39 is 11.5 Å². The van der Waals surface area contributed by atoms with Crippen LogP contribution in [0.25, 0.3) is 0 Å². The summed E-state index contributed by atoms with van der Waals surface area (Å²) in [6.07, 6.45) is 0.0913. The van der Waals surface area contributed by atoms with Gasteiger partial charge in [0.25, 0.3) is 0 Å². The van der Waals surface area contributed by atoms with Crippen LogP contribution in [0.15, 0.2) is 12.1 Å². The first-order valence-corrected chi connectivity index (χ1v) is 6.30. The zero-order valence-corrected chi connectivity index (χ0v) is 12.6. The SMILES string of the molecule is COc1cc(C)c(N(C)C(C)(C)CC(=O)O)cc1C. The summed E-state index contributed by atoms with van der Waals surface area (Å²) >= 11 is 0. The first-order valence-electron chi connectivity index (χ1n) is 6.30. The molecule has 0 radical (unpaired) electrons. The number of carboxylic acid groups (broad SMARTS) is 1. The summed E-state index contributed by atoms with van der Waals surface area (Å²) in [4.78, 5) is 13.0.